The highest BCUT2D eigenvalue weighted by Crippen LogP contribution is 2.25. The third-order valence-electron chi connectivity index (χ3n) is 2.93. The summed E-state index contributed by atoms with van der Waals surface area (Å²) < 4.78 is 30.8. The first-order valence-electron chi connectivity index (χ1n) is 6.01. The standard InChI is InChI=1S/C15H12BrNO3S/c1-20-15-7-2-11(9-17)8-12(15)10-21(18,19)14-5-3-13(16)4-6-14/h2-8H,10H2,1H3. The Hall–Kier alpha value is -1.84. The van der Waals surface area contributed by atoms with Crippen LogP contribution >= 0.6 is 15.9 Å². The fourth-order valence-electron chi connectivity index (χ4n) is 1.89. The van der Waals surface area contributed by atoms with Crippen LogP contribution in [-0.4, -0.2) is 15.5 Å². The third-order valence-corrected chi connectivity index (χ3v) is 5.14. The quantitative estimate of drug-likeness (QED) is 0.833. The molecule has 0 aliphatic rings. The second kappa shape index (κ2) is 6.29. The van der Waals surface area contributed by atoms with Crippen LogP contribution in [0.25, 0.3) is 0 Å². The predicted octanol–water partition coefficient (Wildman–Crippen LogP) is 3.30. The molecule has 0 saturated heterocycles. The summed E-state index contributed by atoms with van der Waals surface area (Å²) in [5.74, 6) is 0.238. The molecule has 2 aromatic rings. The highest BCUT2D eigenvalue weighted by atomic mass is 79.9. The van der Waals surface area contributed by atoms with Crippen LogP contribution in [0.3, 0.4) is 0 Å². The molecule has 0 unspecified atom stereocenters. The van der Waals surface area contributed by atoms with Gasteiger partial charge in [0.1, 0.15) is 5.75 Å². The van der Waals surface area contributed by atoms with Crippen LogP contribution in [0.5, 0.6) is 5.75 Å². The number of hydrogen-bond donors (Lipinski definition) is 0. The Morgan fingerprint density at radius 3 is 2.43 bits per heavy atom. The summed E-state index contributed by atoms with van der Waals surface area (Å²) in [5, 5.41) is 8.93. The summed E-state index contributed by atoms with van der Waals surface area (Å²) in [4.78, 5) is 0.232. The molecule has 0 N–H and O–H groups in total. The Balaban J connectivity index is 2.41. The van der Waals surface area contributed by atoms with Crippen molar-refractivity contribution in [3.05, 3.63) is 58.1 Å². The van der Waals surface area contributed by atoms with Gasteiger partial charge in [-0.1, -0.05) is 15.9 Å². The van der Waals surface area contributed by atoms with Gasteiger partial charge in [0, 0.05) is 10.0 Å². The second-order valence-electron chi connectivity index (χ2n) is 4.35. The number of hydrogen-bond acceptors (Lipinski definition) is 4. The van der Waals surface area contributed by atoms with Crippen molar-refractivity contribution < 1.29 is 13.2 Å². The minimum atomic E-state index is -3.50. The lowest BCUT2D eigenvalue weighted by atomic mass is 10.1. The van der Waals surface area contributed by atoms with E-state index in [1.54, 1.807) is 36.4 Å². The van der Waals surface area contributed by atoms with Gasteiger partial charge in [0.25, 0.3) is 0 Å². The van der Waals surface area contributed by atoms with E-state index in [4.69, 9.17) is 10.00 Å². The van der Waals surface area contributed by atoms with Crippen molar-refractivity contribution in [2.24, 2.45) is 0 Å². The fraction of sp³-hybridized carbons (Fsp3) is 0.133. The fourth-order valence-corrected chi connectivity index (χ4v) is 3.51. The normalized spacial score (nSPS) is 10.9. The van der Waals surface area contributed by atoms with Crippen molar-refractivity contribution in [3.8, 4) is 11.8 Å². The van der Waals surface area contributed by atoms with Gasteiger partial charge in [0.2, 0.25) is 0 Å². The molecule has 0 fully saturated rings. The first-order chi connectivity index (χ1) is 9.96. The van der Waals surface area contributed by atoms with Gasteiger partial charge in [-0.25, -0.2) is 8.42 Å². The van der Waals surface area contributed by atoms with Crippen molar-refractivity contribution >= 4 is 25.8 Å². The van der Waals surface area contributed by atoms with Crippen LogP contribution in [0.4, 0.5) is 0 Å². The van der Waals surface area contributed by atoms with E-state index in [9.17, 15) is 8.42 Å². The molecule has 0 saturated carbocycles. The molecular weight excluding hydrogens is 354 g/mol. The summed E-state index contributed by atoms with van der Waals surface area (Å²) in [6, 6.07) is 13.2. The van der Waals surface area contributed by atoms with Crippen molar-refractivity contribution in [2.45, 2.75) is 10.6 Å². The second-order valence-corrected chi connectivity index (χ2v) is 7.26. The van der Waals surface area contributed by atoms with E-state index in [-0.39, 0.29) is 10.6 Å². The first-order valence-corrected chi connectivity index (χ1v) is 8.46. The van der Waals surface area contributed by atoms with Crippen molar-refractivity contribution in [2.75, 3.05) is 7.11 Å². The lowest BCUT2D eigenvalue weighted by Crippen LogP contribution is -2.06. The molecule has 6 heteroatoms. The Bertz CT molecular complexity index is 793. The summed E-state index contributed by atoms with van der Waals surface area (Å²) in [6.45, 7) is 0. The molecule has 2 aromatic carbocycles. The largest absolute Gasteiger partial charge is 0.496 e. The number of rotatable bonds is 4. The summed E-state index contributed by atoms with van der Waals surface area (Å²) in [5.41, 5.74) is 0.872. The monoisotopic (exact) mass is 365 g/mol. The van der Waals surface area contributed by atoms with Crippen LogP contribution in [0, 0.1) is 11.3 Å². The lowest BCUT2D eigenvalue weighted by Gasteiger charge is -2.10. The van der Waals surface area contributed by atoms with Crippen LogP contribution in [0.1, 0.15) is 11.1 Å². The molecule has 4 nitrogen and oxygen atoms in total. The molecule has 0 atom stereocenters. The molecule has 0 bridgehead atoms. The van der Waals surface area contributed by atoms with E-state index in [1.165, 1.54) is 13.2 Å². The van der Waals surface area contributed by atoms with Crippen molar-refractivity contribution in [3.63, 3.8) is 0 Å². The maximum absolute atomic E-state index is 12.4. The SMILES string of the molecule is COc1ccc(C#N)cc1CS(=O)(=O)c1ccc(Br)cc1. The van der Waals surface area contributed by atoms with Gasteiger partial charge in [-0.15, -0.1) is 0 Å². The molecule has 0 aliphatic heterocycles. The van der Waals surface area contributed by atoms with Gasteiger partial charge in [0.15, 0.2) is 9.84 Å². The predicted molar refractivity (Wildman–Crippen MR) is 82.7 cm³/mol. The third kappa shape index (κ3) is 3.63. The highest BCUT2D eigenvalue weighted by Gasteiger charge is 2.18. The van der Waals surface area contributed by atoms with Crippen LogP contribution in [0.15, 0.2) is 51.8 Å². The average molecular weight is 366 g/mol. The van der Waals surface area contributed by atoms with Gasteiger partial charge in [-0.3, -0.25) is 0 Å². The zero-order valence-electron chi connectivity index (χ0n) is 11.2. The van der Waals surface area contributed by atoms with Crippen LogP contribution < -0.4 is 4.74 Å². The molecule has 0 aliphatic carbocycles. The van der Waals surface area contributed by atoms with E-state index in [0.29, 0.717) is 16.9 Å². The number of nitrogens with zero attached hydrogens (tertiary/aromatic N) is 1. The Morgan fingerprint density at radius 1 is 1.19 bits per heavy atom. The summed E-state index contributed by atoms with van der Waals surface area (Å²) in [7, 11) is -2.03. The topological polar surface area (TPSA) is 67.2 Å². The van der Waals surface area contributed by atoms with Gasteiger partial charge in [-0.05, 0) is 42.5 Å². The molecule has 0 radical (unpaired) electrons. The number of halogens is 1. The molecular formula is C15H12BrNO3S. The van der Waals surface area contributed by atoms with Gasteiger partial charge < -0.3 is 4.74 Å². The van der Waals surface area contributed by atoms with E-state index in [0.717, 1.165) is 4.47 Å². The minimum Gasteiger partial charge on any atom is -0.496 e. The van der Waals surface area contributed by atoms with Gasteiger partial charge in [-0.2, -0.15) is 5.26 Å². The summed E-state index contributed by atoms with van der Waals surface area (Å²) in [6.07, 6.45) is 0. The van der Waals surface area contributed by atoms with Crippen LogP contribution in [0.2, 0.25) is 0 Å². The zero-order chi connectivity index (χ0) is 15.5. The van der Waals surface area contributed by atoms with E-state index in [1.807, 2.05) is 6.07 Å². The average Bonchev–Trinajstić information content (AvgIpc) is 2.47. The first kappa shape index (κ1) is 15.5. The maximum Gasteiger partial charge on any atom is 0.182 e. The summed E-state index contributed by atoms with van der Waals surface area (Å²) >= 11 is 3.27. The molecule has 2 rings (SSSR count). The maximum atomic E-state index is 12.4. The smallest absolute Gasteiger partial charge is 0.182 e. The molecule has 0 aromatic heterocycles. The van der Waals surface area contributed by atoms with Crippen LogP contribution in [-0.2, 0) is 15.6 Å². The Labute approximate surface area is 132 Å². The number of sulfone groups is 1. The highest BCUT2D eigenvalue weighted by molar-refractivity contribution is 9.10. The number of methoxy groups -OCH3 is 1. The molecule has 0 amide bonds. The molecule has 108 valence electrons. The zero-order valence-corrected chi connectivity index (χ0v) is 13.6. The van der Waals surface area contributed by atoms with Crippen molar-refractivity contribution in [1.29, 1.82) is 5.26 Å². The molecule has 0 heterocycles. The number of nitriles is 1. The van der Waals surface area contributed by atoms with Gasteiger partial charge in [0.05, 0.1) is 29.4 Å². The van der Waals surface area contributed by atoms with E-state index >= 15 is 0 Å². The minimum absolute atomic E-state index is 0.215. The van der Waals surface area contributed by atoms with Gasteiger partial charge >= 0.3 is 0 Å². The lowest BCUT2D eigenvalue weighted by molar-refractivity contribution is 0.411. The van der Waals surface area contributed by atoms with E-state index < -0.39 is 9.84 Å². The number of benzene rings is 2. The van der Waals surface area contributed by atoms with E-state index in [2.05, 4.69) is 15.9 Å². The Kier molecular flexibility index (Phi) is 4.66. The molecule has 21 heavy (non-hydrogen) atoms. The Morgan fingerprint density at radius 2 is 1.86 bits per heavy atom. The molecule has 0 spiro atoms. The number of ether oxygens (including phenoxy) is 1. The van der Waals surface area contributed by atoms with Crippen molar-refractivity contribution in [1.82, 2.24) is 0 Å².